The minimum Gasteiger partial charge on any atom is -0.453 e. The van der Waals surface area contributed by atoms with Crippen LogP contribution in [0.1, 0.15) is 25.0 Å². The van der Waals surface area contributed by atoms with Gasteiger partial charge in [0, 0.05) is 38.3 Å². The zero-order valence-electron chi connectivity index (χ0n) is 30.5. The maximum Gasteiger partial charge on any atom is 0.152 e. The molecule has 0 atom stereocenters. The van der Waals surface area contributed by atoms with Gasteiger partial charge in [0.1, 0.15) is 0 Å². The highest BCUT2D eigenvalue weighted by molar-refractivity contribution is 6.13. The lowest BCUT2D eigenvalue weighted by molar-refractivity contribution is 0.476. The summed E-state index contributed by atoms with van der Waals surface area (Å²) < 4.78 is 11.3. The van der Waals surface area contributed by atoms with E-state index in [1.165, 1.54) is 60.6 Å². The van der Waals surface area contributed by atoms with Gasteiger partial charge in [-0.15, -0.1) is 0 Å². The molecule has 10 aromatic rings. The summed E-state index contributed by atoms with van der Waals surface area (Å²) in [6.07, 6.45) is 0. The second-order valence-corrected chi connectivity index (χ2v) is 15.4. The maximum absolute atomic E-state index is 6.48. The highest BCUT2D eigenvalue weighted by atomic mass is 16.5. The van der Waals surface area contributed by atoms with Crippen molar-refractivity contribution in [3.05, 3.63) is 187 Å². The van der Waals surface area contributed by atoms with E-state index in [2.05, 4.69) is 204 Å². The summed E-state index contributed by atoms with van der Waals surface area (Å²) in [4.78, 5) is 2.44. The Kier molecular flexibility index (Phi) is 6.09. The van der Waals surface area contributed by atoms with Crippen LogP contribution in [-0.4, -0.2) is 9.13 Å². The van der Waals surface area contributed by atoms with Gasteiger partial charge in [-0.25, -0.2) is 0 Å². The number of ether oxygens (including phenoxy) is 1. The van der Waals surface area contributed by atoms with Crippen molar-refractivity contribution in [1.29, 1.82) is 0 Å². The Morgan fingerprint density at radius 2 is 0.982 bits per heavy atom. The van der Waals surface area contributed by atoms with Gasteiger partial charge in [0.2, 0.25) is 0 Å². The summed E-state index contributed by atoms with van der Waals surface area (Å²) in [7, 11) is 0. The molecule has 0 saturated carbocycles. The van der Waals surface area contributed by atoms with Gasteiger partial charge < -0.3 is 18.8 Å². The number of hydrogen-bond acceptors (Lipinski definition) is 2. The van der Waals surface area contributed by atoms with E-state index in [0.29, 0.717) is 0 Å². The molecule has 260 valence electrons. The van der Waals surface area contributed by atoms with Crippen LogP contribution in [0.4, 0.5) is 17.1 Å². The van der Waals surface area contributed by atoms with Crippen LogP contribution in [-0.2, 0) is 5.41 Å². The predicted octanol–water partition coefficient (Wildman–Crippen LogP) is 13.8. The molecule has 0 fully saturated rings. The molecule has 55 heavy (non-hydrogen) atoms. The van der Waals surface area contributed by atoms with E-state index < -0.39 is 0 Å². The normalized spacial score (nSPS) is 13.9. The summed E-state index contributed by atoms with van der Waals surface area (Å²) in [5.74, 6) is 1.76. The molecular formula is C51H35N3O. The van der Waals surface area contributed by atoms with Crippen molar-refractivity contribution in [1.82, 2.24) is 9.13 Å². The van der Waals surface area contributed by atoms with Crippen LogP contribution in [0.2, 0.25) is 0 Å². The zero-order valence-corrected chi connectivity index (χ0v) is 30.5. The summed E-state index contributed by atoms with van der Waals surface area (Å²) in [6, 6.07) is 64.0. The number of anilines is 3. The van der Waals surface area contributed by atoms with Gasteiger partial charge in [0.15, 0.2) is 11.5 Å². The minimum atomic E-state index is -0.0998. The average Bonchev–Trinajstić information content (AvgIpc) is 3.75. The second kappa shape index (κ2) is 11.0. The molecule has 4 heteroatoms. The smallest absolute Gasteiger partial charge is 0.152 e. The zero-order chi connectivity index (χ0) is 36.4. The van der Waals surface area contributed by atoms with Gasteiger partial charge in [-0.2, -0.15) is 0 Å². The van der Waals surface area contributed by atoms with Crippen LogP contribution in [0.5, 0.6) is 11.5 Å². The van der Waals surface area contributed by atoms with Gasteiger partial charge in [-0.1, -0.05) is 117 Å². The van der Waals surface area contributed by atoms with Crippen molar-refractivity contribution in [2.45, 2.75) is 19.3 Å². The van der Waals surface area contributed by atoms with Crippen molar-refractivity contribution in [3.63, 3.8) is 0 Å². The molecule has 0 unspecified atom stereocenters. The fraction of sp³-hybridized carbons (Fsp3) is 0.0588. The molecule has 0 aliphatic carbocycles. The molecule has 12 rings (SSSR count). The molecule has 2 aliphatic heterocycles. The Morgan fingerprint density at radius 1 is 0.400 bits per heavy atom. The molecule has 2 aliphatic rings. The van der Waals surface area contributed by atoms with Gasteiger partial charge in [0.05, 0.1) is 39.1 Å². The van der Waals surface area contributed by atoms with Gasteiger partial charge in [-0.05, 0) is 95.1 Å². The SMILES string of the molecule is CC1(C)c2ccccc2N(c2ccc3c(c2)c2ccccc2n3-c2ccc(-c3ccc4c(c3)-n3c5ccccc5c5cccc(c53)O4)cc2)c2ccccc21. The van der Waals surface area contributed by atoms with Crippen LogP contribution < -0.4 is 9.64 Å². The first-order chi connectivity index (χ1) is 27.0. The number of rotatable bonds is 3. The number of aromatic nitrogens is 2. The number of para-hydroxylation sites is 5. The van der Waals surface area contributed by atoms with Crippen molar-refractivity contribution in [2.75, 3.05) is 4.90 Å². The van der Waals surface area contributed by atoms with E-state index in [1.807, 2.05) is 0 Å². The van der Waals surface area contributed by atoms with Crippen LogP contribution in [0.3, 0.4) is 0 Å². The minimum absolute atomic E-state index is 0.0998. The van der Waals surface area contributed by atoms with Crippen molar-refractivity contribution >= 4 is 60.7 Å². The Morgan fingerprint density at radius 3 is 1.73 bits per heavy atom. The fourth-order valence-corrected chi connectivity index (χ4v) is 9.52. The van der Waals surface area contributed by atoms with Crippen molar-refractivity contribution in [3.8, 4) is 34.0 Å². The van der Waals surface area contributed by atoms with E-state index in [9.17, 15) is 0 Å². The molecule has 4 nitrogen and oxygen atoms in total. The topological polar surface area (TPSA) is 22.3 Å². The first-order valence-electron chi connectivity index (χ1n) is 19.0. The molecule has 0 saturated heterocycles. The molecule has 0 bridgehead atoms. The summed E-state index contributed by atoms with van der Waals surface area (Å²) in [6.45, 7) is 4.68. The number of nitrogens with zero attached hydrogens (tertiary/aromatic N) is 3. The largest absolute Gasteiger partial charge is 0.453 e. The summed E-state index contributed by atoms with van der Waals surface area (Å²) >= 11 is 0. The van der Waals surface area contributed by atoms with Crippen LogP contribution in [0.25, 0.3) is 66.1 Å². The Balaban J connectivity index is 0.971. The Hall–Kier alpha value is -7.04. The lowest BCUT2D eigenvalue weighted by Gasteiger charge is -2.42. The van der Waals surface area contributed by atoms with E-state index >= 15 is 0 Å². The highest BCUT2D eigenvalue weighted by Crippen LogP contribution is 2.52. The quantitative estimate of drug-likeness (QED) is 0.183. The standard InChI is InChI=1S/C51H35N3O/c1-51(2)40-15-5-9-19-45(40)53(46-20-10-6-16-41(46)51)35-27-28-44-39(31-35)37-13-4-7-17-42(37)52(44)34-25-22-32(23-26-34)33-24-29-48-47(30-33)54-43-18-8-3-12-36(43)38-14-11-21-49(55-48)50(38)54/h3-31H,1-2H3. The number of fused-ring (bicyclic) bond motifs is 10. The Bertz CT molecular complexity index is 3170. The molecule has 8 aromatic carbocycles. The lowest BCUT2D eigenvalue weighted by Crippen LogP contribution is -2.30. The fourth-order valence-electron chi connectivity index (χ4n) is 9.52. The molecule has 0 spiro atoms. The van der Waals surface area contributed by atoms with Gasteiger partial charge in [0.25, 0.3) is 0 Å². The third-order valence-electron chi connectivity index (χ3n) is 12.1. The van der Waals surface area contributed by atoms with Crippen molar-refractivity contribution < 1.29 is 4.74 Å². The third kappa shape index (κ3) is 4.17. The number of hydrogen-bond donors (Lipinski definition) is 0. The second-order valence-electron chi connectivity index (χ2n) is 15.4. The van der Waals surface area contributed by atoms with E-state index in [4.69, 9.17) is 4.74 Å². The van der Waals surface area contributed by atoms with E-state index in [1.54, 1.807) is 0 Å². The van der Waals surface area contributed by atoms with Gasteiger partial charge in [-0.3, -0.25) is 0 Å². The molecule has 4 heterocycles. The molecule has 2 aromatic heterocycles. The van der Waals surface area contributed by atoms with Crippen molar-refractivity contribution in [2.24, 2.45) is 0 Å². The van der Waals surface area contributed by atoms with Crippen LogP contribution in [0, 0.1) is 0 Å². The molecule has 0 amide bonds. The Labute approximate surface area is 318 Å². The van der Waals surface area contributed by atoms with Crippen LogP contribution >= 0.6 is 0 Å². The summed E-state index contributed by atoms with van der Waals surface area (Å²) in [5, 5.41) is 4.92. The first kappa shape index (κ1) is 30.4. The molecule has 0 N–H and O–H groups in total. The molecular weight excluding hydrogens is 671 g/mol. The average molecular weight is 706 g/mol. The summed E-state index contributed by atoms with van der Waals surface area (Å²) in [5.41, 5.74) is 15.4. The van der Waals surface area contributed by atoms with E-state index in [0.717, 1.165) is 45.2 Å². The van der Waals surface area contributed by atoms with E-state index in [-0.39, 0.29) is 5.41 Å². The lowest BCUT2D eigenvalue weighted by atomic mass is 9.73. The highest BCUT2D eigenvalue weighted by Gasteiger charge is 2.36. The predicted molar refractivity (Wildman–Crippen MR) is 227 cm³/mol. The first-order valence-corrected chi connectivity index (χ1v) is 19.0. The van der Waals surface area contributed by atoms with Gasteiger partial charge >= 0.3 is 0 Å². The number of benzene rings is 8. The van der Waals surface area contributed by atoms with Crippen LogP contribution in [0.15, 0.2) is 176 Å². The molecule has 0 radical (unpaired) electrons. The third-order valence-corrected chi connectivity index (χ3v) is 12.1. The maximum atomic E-state index is 6.48. The monoisotopic (exact) mass is 705 g/mol.